The van der Waals surface area contributed by atoms with Gasteiger partial charge in [0.05, 0.1) is 16.7 Å². The summed E-state index contributed by atoms with van der Waals surface area (Å²) < 4.78 is 3.34. The maximum atomic E-state index is 12.9. The minimum atomic E-state index is -0.147. The number of aryl methyl sites for hydroxylation is 1. The molecule has 0 fully saturated rings. The van der Waals surface area contributed by atoms with E-state index >= 15 is 0 Å². The average molecular weight is 449 g/mol. The van der Waals surface area contributed by atoms with E-state index in [-0.39, 0.29) is 17.2 Å². The Bertz CT molecular complexity index is 1390. The predicted octanol–water partition coefficient (Wildman–Crippen LogP) is 3.34. The largest absolute Gasteiger partial charge is 0.378 e. The Kier molecular flexibility index (Phi) is 6.00. The lowest BCUT2D eigenvalue weighted by molar-refractivity contribution is -0.113. The molecule has 8 nitrogen and oxygen atoms in total. The van der Waals surface area contributed by atoms with Crippen molar-refractivity contribution in [2.24, 2.45) is 0 Å². The van der Waals surface area contributed by atoms with Gasteiger partial charge in [-0.25, -0.2) is 0 Å². The van der Waals surface area contributed by atoms with Gasteiger partial charge in [0.1, 0.15) is 0 Å². The van der Waals surface area contributed by atoms with Gasteiger partial charge in [-0.3, -0.25) is 18.6 Å². The molecule has 1 N–H and O–H groups in total. The number of hydrogen-bond donors (Lipinski definition) is 1. The van der Waals surface area contributed by atoms with Crippen LogP contribution in [0.4, 0.5) is 11.4 Å². The molecule has 0 unspecified atom stereocenters. The molecule has 4 aromatic rings. The minimum absolute atomic E-state index is 0.142. The van der Waals surface area contributed by atoms with Crippen LogP contribution in [0.5, 0.6) is 0 Å². The van der Waals surface area contributed by atoms with Crippen LogP contribution in [0.3, 0.4) is 0 Å². The zero-order valence-electron chi connectivity index (χ0n) is 18.2. The minimum Gasteiger partial charge on any atom is -0.378 e. The van der Waals surface area contributed by atoms with Crippen LogP contribution in [0.25, 0.3) is 16.7 Å². The molecule has 0 atom stereocenters. The third kappa shape index (κ3) is 3.99. The Labute approximate surface area is 189 Å². The van der Waals surface area contributed by atoms with E-state index in [0.717, 1.165) is 16.9 Å². The molecule has 4 rings (SSSR count). The molecule has 9 heteroatoms. The van der Waals surface area contributed by atoms with Crippen LogP contribution in [0.1, 0.15) is 5.56 Å². The quantitative estimate of drug-likeness (QED) is 0.345. The Morgan fingerprint density at radius 3 is 2.72 bits per heavy atom. The molecule has 0 aliphatic heterocycles. The van der Waals surface area contributed by atoms with Crippen molar-refractivity contribution in [3.05, 3.63) is 71.0 Å². The second-order valence-electron chi connectivity index (χ2n) is 7.57. The Morgan fingerprint density at radius 2 is 2.00 bits per heavy atom. The predicted molar refractivity (Wildman–Crippen MR) is 130 cm³/mol. The summed E-state index contributed by atoms with van der Waals surface area (Å²) >= 11 is 1.27. The summed E-state index contributed by atoms with van der Waals surface area (Å²) in [7, 11) is 3.95. The molecule has 32 heavy (non-hydrogen) atoms. The van der Waals surface area contributed by atoms with Crippen LogP contribution in [0.2, 0.25) is 0 Å². The first-order valence-electron chi connectivity index (χ1n) is 10.1. The lowest BCUT2D eigenvalue weighted by Crippen LogP contribution is -2.22. The lowest BCUT2D eigenvalue weighted by atomic mass is 10.1. The van der Waals surface area contributed by atoms with Crippen LogP contribution in [-0.4, -0.2) is 44.9 Å². The van der Waals surface area contributed by atoms with E-state index in [1.807, 2.05) is 66.7 Å². The summed E-state index contributed by atoms with van der Waals surface area (Å²) in [6.07, 6.45) is 1.65. The molecule has 2 aromatic heterocycles. The van der Waals surface area contributed by atoms with Crippen molar-refractivity contribution in [2.45, 2.75) is 18.6 Å². The molecule has 2 heterocycles. The van der Waals surface area contributed by atoms with E-state index in [4.69, 9.17) is 0 Å². The van der Waals surface area contributed by atoms with Crippen molar-refractivity contribution < 1.29 is 4.79 Å². The third-order valence-corrected chi connectivity index (χ3v) is 6.05. The number of allylic oxidation sites excluding steroid dienone is 1. The Hall–Kier alpha value is -3.59. The second kappa shape index (κ2) is 8.88. The van der Waals surface area contributed by atoms with Crippen molar-refractivity contribution in [1.29, 1.82) is 0 Å². The first-order chi connectivity index (χ1) is 15.4. The highest BCUT2D eigenvalue weighted by Gasteiger charge is 2.17. The number of anilines is 2. The first kappa shape index (κ1) is 21.6. The molecule has 0 aliphatic carbocycles. The highest BCUT2D eigenvalue weighted by molar-refractivity contribution is 7.99. The number of amides is 1. The number of nitrogens with zero attached hydrogens (tertiary/aromatic N) is 5. The van der Waals surface area contributed by atoms with Gasteiger partial charge >= 0.3 is 0 Å². The van der Waals surface area contributed by atoms with Gasteiger partial charge in [-0.2, -0.15) is 0 Å². The molecule has 0 saturated carbocycles. The molecular weight excluding hydrogens is 424 g/mol. The monoisotopic (exact) mass is 448 g/mol. The van der Waals surface area contributed by atoms with Gasteiger partial charge in [-0.15, -0.1) is 16.8 Å². The van der Waals surface area contributed by atoms with Gasteiger partial charge in [0.2, 0.25) is 11.7 Å². The van der Waals surface area contributed by atoms with E-state index in [9.17, 15) is 9.59 Å². The number of carbonyl (C=O) groups is 1. The van der Waals surface area contributed by atoms with Crippen LogP contribution < -0.4 is 15.8 Å². The van der Waals surface area contributed by atoms with Gasteiger partial charge in [-0.1, -0.05) is 30.0 Å². The summed E-state index contributed by atoms with van der Waals surface area (Å²) in [5.74, 6) is 0.438. The topological polar surface area (TPSA) is 84.5 Å². The zero-order valence-corrected chi connectivity index (χ0v) is 19.0. The number of thioether (sulfide) groups is 1. The van der Waals surface area contributed by atoms with E-state index in [1.54, 1.807) is 12.1 Å². The first-order valence-corrected chi connectivity index (χ1v) is 11.1. The number of rotatable bonds is 7. The molecule has 1 amide bonds. The standard InChI is InChI=1S/C23H24N6O2S/c1-5-12-28-21(31)17-8-6-7-9-19(17)29-22(28)25-26-23(29)32-14-20(30)24-18-11-10-16(27(3)4)13-15(18)2/h5-11,13H,1,12,14H2,2-4H3,(H,24,30). The van der Waals surface area contributed by atoms with E-state index in [0.29, 0.717) is 28.4 Å². The maximum Gasteiger partial charge on any atom is 0.263 e. The number of nitrogens with one attached hydrogen (secondary N) is 1. The third-order valence-electron chi connectivity index (χ3n) is 5.12. The van der Waals surface area contributed by atoms with Crippen LogP contribution in [0.15, 0.2) is 65.1 Å². The van der Waals surface area contributed by atoms with Gasteiger partial charge in [0.25, 0.3) is 5.56 Å². The average Bonchev–Trinajstić information content (AvgIpc) is 3.20. The van der Waals surface area contributed by atoms with E-state index < -0.39 is 0 Å². The van der Waals surface area contributed by atoms with Crippen LogP contribution >= 0.6 is 11.8 Å². The zero-order chi connectivity index (χ0) is 22.8. The van der Waals surface area contributed by atoms with Crippen LogP contribution in [0, 0.1) is 6.92 Å². The van der Waals surface area contributed by atoms with Gasteiger partial charge in [0, 0.05) is 32.0 Å². The molecule has 0 saturated heterocycles. The molecule has 0 spiro atoms. The molecule has 0 bridgehead atoms. The number of carbonyl (C=O) groups excluding carboxylic acids is 1. The number of aromatic nitrogens is 4. The van der Waals surface area contributed by atoms with Gasteiger partial charge in [0.15, 0.2) is 5.16 Å². The number of fused-ring (bicyclic) bond motifs is 3. The highest BCUT2D eigenvalue weighted by Crippen LogP contribution is 2.24. The fourth-order valence-electron chi connectivity index (χ4n) is 3.50. The highest BCUT2D eigenvalue weighted by atomic mass is 32.2. The number of benzene rings is 2. The summed E-state index contributed by atoms with van der Waals surface area (Å²) in [5.41, 5.74) is 3.39. The van der Waals surface area contributed by atoms with Crippen molar-refractivity contribution in [3.63, 3.8) is 0 Å². The van der Waals surface area contributed by atoms with Gasteiger partial charge < -0.3 is 10.2 Å². The summed E-state index contributed by atoms with van der Waals surface area (Å²) in [6, 6.07) is 13.2. The van der Waals surface area contributed by atoms with E-state index in [1.165, 1.54) is 16.3 Å². The molecule has 164 valence electrons. The van der Waals surface area contributed by atoms with Crippen molar-refractivity contribution >= 4 is 45.7 Å². The summed E-state index contributed by atoms with van der Waals surface area (Å²) in [5, 5.41) is 12.5. The Morgan fingerprint density at radius 1 is 1.22 bits per heavy atom. The normalized spacial score (nSPS) is 11.1. The maximum absolute atomic E-state index is 12.9. The SMILES string of the molecule is C=CCn1c(=O)c2ccccc2n2c(SCC(=O)Nc3ccc(N(C)C)cc3C)nnc12. The molecule has 2 aromatic carbocycles. The smallest absolute Gasteiger partial charge is 0.263 e. The molecule has 0 radical (unpaired) electrons. The fourth-order valence-corrected chi connectivity index (χ4v) is 4.24. The van der Waals surface area contributed by atoms with Crippen molar-refractivity contribution in [1.82, 2.24) is 19.2 Å². The number of para-hydroxylation sites is 1. The molecular formula is C23H24N6O2S. The number of hydrogen-bond acceptors (Lipinski definition) is 6. The molecule has 0 aliphatic rings. The van der Waals surface area contributed by atoms with Crippen molar-refractivity contribution in [2.75, 3.05) is 30.1 Å². The Balaban J connectivity index is 1.61. The lowest BCUT2D eigenvalue weighted by Gasteiger charge is -2.15. The van der Waals surface area contributed by atoms with Crippen LogP contribution in [-0.2, 0) is 11.3 Å². The summed E-state index contributed by atoms with van der Waals surface area (Å²) in [4.78, 5) is 27.5. The van der Waals surface area contributed by atoms with Gasteiger partial charge in [-0.05, 0) is 42.8 Å². The van der Waals surface area contributed by atoms with E-state index in [2.05, 4.69) is 22.1 Å². The fraction of sp³-hybridized carbons (Fsp3) is 0.217. The summed E-state index contributed by atoms with van der Waals surface area (Å²) in [6.45, 7) is 6.02. The second-order valence-corrected chi connectivity index (χ2v) is 8.51. The van der Waals surface area contributed by atoms with Crippen molar-refractivity contribution in [3.8, 4) is 0 Å².